The zero-order chi connectivity index (χ0) is 15.5. The third kappa shape index (κ3) is 3.52. The van der Waals surface area contributed by atoms with Crippen LogP contribution in [0.4, 0.5) is 10.1 Å². The SMILES string of the molecule is CCc1ccc(NS(=O)(=O)c2ccc(F)c(OC)c2)cc1. The Labute approximate surface area is 123 Å². The Balaban J connectivity index is 2.29. The maximum atomic E-state index is 13.3. The van der Waals surface area contributed by atoms with Gasteiger partial charge in [0.05, 0.1) is 12.0 Å². The first-order valence-electron chi connectivity index (χ1n) is 6.41. The van der Waals surface area contributed by atoms with Crippen LogP contribution >= 0.6 is 0 Å². The van der Waals surface area contributed by atoms with Crippen molar-refractivity contribution in [3.05, 3.63) is 53.8 Å². The second-order valence-corrected chi connectivity index (χ2v) is 6.13. The molecule has 2 rings (SSSR count). The highest BCUT2D eigenvalue weighted by Crippen LogP contribution is 2.23. The highest BCUT2D eigenvalue weighted by atomic mass is 32.2. The molecule has 6 heteroatoms. The van der Waals surface area contributed by atoms with E-state index in [4.69, 9.17) is 4.74 Å². The lowest BCUT2D eigenvalue weighted by Gasteiger charge is -2.10. The second kappa shape index (κ2) is 6.13. The van der Waals surface area contributed by atoms with Gasteiger partial charge in [-0.2, -0.15) is 0 Å². The summed E-state index contributed by atoms with van der Waals surface area (Å²) in [5.41, 5.74) is 1.57. The van der Waals surface area contributed by atoms with Gasteiger partial charge in [-0.25, -0.2) is 12.8 Å². The summed E-state index contributed by atoms with van der Waals surface area (Å²) < 4.78 is 45.1. The number of hydrogen-bond donors (Lipinski definition) is 1. The van der Waals surface area contributed by atoms with Crippen LogP contribution < -0.4 is 9.46 Å². The molecule has 2 aromatic carbocycles. The third-order valence-electron chi connectivity index (χ3n) is 3.05. The van der Waals surface area contributed by atoms with Gasteiger partial charge in [0.15, 0.2) is 11.6 Å². The highest BCUT2D eigenvalue weighted by molar-refractivity contribution is 7.92. The van der Waals surface area contributed by atoms with Crippen LogP contribution in [-0.4, -0.2) is 15.5 Å². The summed E-state index contributed by atoms with van der Waals surface area (Å²) in [5, 5.41) is 0. The molecule has 0 fully saturated rings. The number of rotatable bonds is 5. The van der Waals surface area contributed by atoms with Crippen molar-refractivity contribution in [2.75, 3.05) is 11.8 Å². The highest BCUT2D eigenvalue weighted by Gasteiger charge is 2.16. The minimum atomic E-state index is -3.78. The molecule has 0 aliphatic carbocycles. The summed E-state index contributed by atoms with van der Waals surface area (Å²) in [6.07, 6.45) is 0.877. The fraction of sp³-hybridized carbons (Fsp3) is 0.200. The zero-order valence-corrected chi connectivity index (χ0v) is 12.6. The van der Waals surface area contributed by atoms with Crippen LogP contribution in [-0.2, 0) is 16.4 Å². The van der Waals surface area contributed by atoms with E-state index < -0.39 is 15.8 Å². The molecule has 0 radical (unpaired) electrons. The summed E-state index contributed by atoms with van der Waals surface area (Å²) in [6.45, 7) is 2.02. The monoisotopic (exact) mass is 309 g/mol. The van der Waals surface area contributed by atoms with E-state index in [0.29, 0.717) is 5.69 Å². The Kier molecular flexibility index (Phi) is 4.47. The van der Waals surface area contributed by atoms with E-state index in [0.717, 1.165) is 24.1 Å². The first-order valence-corrected chi connectivity index (χ1v) is 7.90. The molecule has 0 atom stereocenters. The van der Waals surface area contributed by atoms with Crippen molar-refractivity contribution >= 4 is 15.7 Å². The van der Waals surface area contributed by atoms with Crippen LogP contribution in [0.5, 0.6) is 5.75 Å². The van der Waals surface area contributed by atoms with E-state index in [1.54, 1.807) is 12.1 Å². The largest absolute Gasteiger partial charge is 0.494 e. The number of methoxy groups -OCH3 is 1. The van der Waals surface area contributed by atoms with Gasteiger partial charge in [-0.3, -0.25) is 4.72 Å². The summed E-state index contributed by atoms with van der Waals surface area (Å²) >= 11 is 0. The smallest absolute Gasteiger partial charge is 0.262 e. The molecule has 0 saturated heterocycles. The van der Waals surface area contributed by atoms with Crippen molar-refractivity contribution in [3.63, 3.8) is 0 Å². The molecule has 1 N–H and O–H groups in total. The Hall–Kier alpha value is -2.08. The summed E-state index contributed by atoms with van der Waals surface area (Å²) in [4.78, 5) is -0.0553. The molecule has 0 amide bonds. The van der Waals surface area contributed by atoms with E-state index in [2.05, 4.69) is 4.72 Å². The van der Waals surface area contributed by atoms with Gasteiger partial charge >= 0.3 is 0 Å². The number of aryl methyl sites for hydroxylation is 1. The maximum absolute atomic E-state index is 13.3. The molecule has 0 aliphatic heterocycles. The summed E-state index contributed by atoms with van der Waals surface area (Å²) in [7, 11) is -2.50. The van der Waals surface area contributed by atoms with Gasteiger partial charge in [0.25, 0.3) is 10.0 Å². The molecule has 21 heavy (non-hydrogen) atoms. The number of nitrogens with one attached hydrogen (secondary N) is 1. The summed E-state index contributed by atoms with van der Waals surface area (Å²) in [5.74, 6) is -0.719. The Morgan fingerprint density at radius 2 is 1.81 bits per heavy atom. The van der Waals surface area contributed by atoms with E-state index in [1.165, 1.54) is 13.2 Å². The van der Waals surface area contributed by atoms with E-state index in [-0.39, 0.29) is 10.6 Å². The predicted octanol–water partition coefficient (Wildman–Crippen LogP) is 3.20. The molecule has 0 saturated carbocycles. The molecule has 112 valence electrons. The van der Waals surface area contributed by atoms with Gasteiger partial charge in [0.1, 0.15) is 0 Å². The fourth-order valence-corrected chi connectivity index (χ4v) is 2.90. The van der Waals surface area contributed by atoms with Gasteiger partial charge in [-0.05, 0) is 36.2 Å². The number of halogens is 1. The minimum Gasteiger partial charge on any atom is -0.494 e. The molecule has 0 aromatic heterocycles. The van der Waals surface area contributed by atoms with Crippen molar-refractivity contribution in [1.29, 1.82) is 0 Å². The topological polar surface area (TPSA) is 55.4 Å². The van der Waals surface area contributed by atoms with Crippen molar-refractivity contribution in [2.45, 2.75) is 18.2 Å². The Morgan fingerprint density at radius 3 is 2.38 bits per heavy atom. The van der Waals surface area contributed by atoms with Crippen LogP contribution in [0.15, 0.2) is 47.4 Å². The van der Waals surface area contributed by atoms with Crippen molar-refractivity contribution in [3.8, 4) is 5.75 Å². The molecule has 0 spiro atoms. The van der Waals surface area contributed by atoms with E-state index in [1.807, 2.05) is 19.1 Å². The zero-order valence-electron chi connectivity index (χ0n) is 11.8. The number of sulfonamides is 1. The maximum Gasteiger partial charge on any atom is 0.262 e. The van der Waals surface area contributed by atoms with Gasteiger partial charge in [0.2, 0.25) is 0 Å². The fourth-order valence-electron chi connectivity index (χ4n) is 1.83. The van der Waals surface area contributed by atoms with E-state index >= 15 is 0 Å². The number of hydrogen-bond acceptors (Lipinski definition) is 3. The van der Waals surface area contributed by atoms with Gasteiger partial charge in [-0.15, -0.1) is 0 Å². The molecule has 0 bridgehead atoms. The van der Waals surface area contributed by atoms with Crippen LogP contribution in [0.2, 0.25) is 0 Å². The molecule has 4 nitrogen and oxygen atoms in total. The first-order chi connectivity index (χ1) is 9.96. The van der Waals surface area contributed by atoms with Gasteiger partial charge < -0.3 is 4.74 Å². The number of benzene rings is 2. The van der Waals surface area contributed by atoms with Crippen molar-refractivity contribution in [2.24, 2.45) is 0 Å². The molecular formula is C15H16FNO3S. The van der Waals surface area contributed by atoms with Gasteiger partial charge in [-0.1, -0.05) is 19.1 Å². The lowest BCUT2D eigenvalue weighted by molar-refractivity contribution is 0.385. The average molecular weight is 309 g/mol. The van der Waals surface area contributed by atoms with Gasteiger partial charge in [0, 0.05) is 11.8 Å². The predicted molar refractivity (Wildman–Crippen MR) is 79.6 cm³/mol. The van der Waals surface area contributed by atoms with Crippen LogP contribution in [0.3, 0.4) is 0 Å². The quantitative estimate of drug-likeness (QED) is 0.923. The number of anilines is 1. The van der Waals surface area contributed by atoms with Crippen LogP contribution in [0.1, 0.15) is 12.5 Å². The molecule has 0 aliphatic rings. The Bertz CT molecular complexity index is 727. The standard InChI is InChI=1S/C15H16FNO3S/c1-3-11-4-6-12(7-5-11)17-21(18,19)13-8-9-14(16)15(10-13)20-2/h4-10,17H,3H2,1-2H3. The van der Waals surface area contributed by atoms with Crippen LogP contribution in [0.25, 0.3) is 0 Å². The van der Waals surface area contributed by atoms with Crippen LogP contribution in [0, 0.1) is 5.82 Å². The lowest BCUT2D eigenvalue weighted by atomic mass is 10.2. The van der Waals surface area contributed by atoms with E-state index in [9.17, 15) is 12.8 Å². The molecular weight excluding hydrogens is 293 g/mol. The summed E-state index contributed by atoms with van der Waals surface area (Å²) in [6, 6.07) is 10.5. The Morgan fingerprint density at radius 1 is 1.14 bits per heavy atom. The average Bonchev–Trinajstić information content (AvgIpc) is 2.48. The second-order valence-electron chi connectivity index (χ2n) is 4.45. The molecule has 0 unspecified atom stereocenters. The minimum absolute atomic E-state index is 0.0553. The molecule has 2 aromatic rings. The first kappa shape index (κ1) is 15.3. The van der Waals surface area contributed by atoms with Crippen molar-refractivity contribution in [1.82, 2.24) is 0 Å². The normalized spacial score (nSPS) is 11.2. The lowest BCUT2D eigenvalue weighted by Crippen LogP contribution is -2.13. The van der Waals surface area contributed by atoms with Crippen molar-refractivity contribution < 1.29 is 17.5 Å². The number of ether oxygens (including phenoxy) is 1. The molecule has 0 heterocycles. The third-order valence-corrected chi connectivity index (χ3v) is 4.43.